The Balaban J connectivity index is 2.20. The van der Waals surface area contributed by atoms with E-state index in [9.17, 15) is 0 Å². The van der Waals surface area contributed by atoms with Gasteiger partial charge in [-0.25, -0.2) is 0 Å². The van der Waals surface area contributed by atoms with Gasteiger partial charge in [0.05, 0.1) is 5.56 Å². The van der Waals surface area contributed by atoms with Gasteiger partial charge in [-0.1, -0.05) is 11.2 Å². The predicted octanol–water partition coefficient (Wildman–Crippen LogP) is 3.05. The normalized spacial score (nSPS) is 10.6. The van der Waals surface area contributed by atoms with E-state index in [-0.39, 0.29) is 0 Å². The number of nitrogens with two attached hydrogens (primary N) is 1. The van der Waals surface area contributed by atoms with Crippen molar-refractivity contribution in [1.82, 2.24) is 10.1 Å². The van der Waals surface area contributed by atoms with E-state index in [4.69, 9.17) is 10.3 Å². The van der Waals surface area contributed by atoms with Crippen molar-refractivity contribution in [2.24, 2.45) is 0 Å². The molecule has 0 saturated heterocycles. The first-order valence-corrected chi connectivity index (χ1v) is 5.93. The number of hydrogen-bond donors (Lipinski definition) is 1. The van der Waals surface area contributed by atoms with E-state index in [2.05, 4.69) is 10.1 Å². The molecule has 0 aliphatic carbocycles. The van der Waals surface area contributed by atoms with Crippen LogP contribution >= 0.6 is 11.3 Å². The Bertz CT molecular complexity index is 617. The molecule has 5 heteroatoms. The molecule has 17 heavy (non-hydrogen) atoms. The maximum absolute atomic E-state index is 5.86. The molecule has 0 aliphatic rings. The van der Waals surface area contributed by atoms with Gasteiger partial charge in [0.1, 0.15) is 0 Å². The number of nitrogen functional groups attached to an aromatic ring is 1. The average molecular weight is 243 g/mol. The highest BCUT2D eigenvalue weighted by Gasteiger charge is 2.17. The van der Waals surface area contributed by atoms with Gasteiger partial charge >= 0.3 is 0 Å². The number of nitrogens with zero attached hydrogens (tertiary/aromatic N) is 2. The fourth-order valence-corrected chi connectivity index (χ4v) is 2.44. The fraction of sp³-hybridized carbons (Fsp3) is 0. The van der Waals surface area contributed by atoms with Crippen LogP contribution in [0.25, 0.3) is 21.8 Å². The number of rotatable bonds is 2. The molecular formula is C12H9N3OS. The highest BCUT2D eigenvalue weighted by molar-refractivity contribution is 7.13. The summed E-state index contributed by atoms with van der Waals surface area (Å²) in [6.45, 7) is 0. The van der Waals surface area contributed by atoms with Gasteiger partial charge < -0.3 is 10.3 Å². The molecule has 0 spiro atoms. The van der Waals surface area contributed by atoms with Gasteiger partial charge in [-0.3, -0.25) is 4.98 Å². The molecule has 0 aromatic carbocycles. The summed E-state index contributed by atoms with van der Waals surface area (Å²) in [6, 6.07) is 7.72. The van der Waals surface area contributed by atoms with Crippen molar-refractivity contribution in [2.75, 3.05) is 5.73 Å². The summed E-state index contributed by atoms with van der Waals surface area (Å²) in [7, 11) is 0. The number of anilines is 1. The van der Waals surface area contributed by atoms with E-state index in [1.165, 1.54) is 0 Å². The zero-order valence-corrected chi connectivity index (χ0v) is 9.65. The molecule has 84 valence electrons. The highest BCUT2D eigenvalue weighted by Crippen LogP contribution is 2.38. The minimum absolute atomic E-state index is 0.416. The second-order valence-corrected chi connectivity index (χ2v) is 4.43. The monoisotopic (exact) mass is 243 g/mol. The molecule has 3 aromatic heterocycles. The molecule has 0 bridgehead atoms. The molecule has 0 unspecified atom stereocenters. The Hall–Kier alpha value is -2.14. The summed E-state index contributed by atoms with van der Waals surface area (Å²) < 4.78 is 5.31. The Morgan fingerprint density at radius 1 is 1.18 bits per heavy atom. The van der Waals surface area contributed by atoms with Crippen molar-refractivity contribution in [1.29, 1.82) is 0 Å². The molecule has 3 rings (SSSR count). The van der Waals surface area contributed by atoms with E-state index in [0.717, 1.165) is 16.0 Å². The lowest BCUT2D eigenvalue weighted by atomic mass is 10.1. The Morgan fingerprint density at radius 3 is 2.71 bits per heavy atom. The van der Waals surface area contributed by atoms with Crippen LogP contribution in [0.2, 0.25) is 0 Å². The molecule has 2 N–H and O–H groups in total. The van der Waals surface area contributed by atoms with E-state index in [1.54, 1.807) is 23.7 Å². The maximum Gasteiger partial charge on any atom is 0.177 e. The first kappa shape index (κ1) is 10.0. The molecule has 0 saturated carbocycles. The summed E-state index contributed by atoms with van der Waals surface area (Å²) in [5.74, 6) is 1.10. The van der Waals surface area contributed by atoms with Crippen LogP contribution in [0.4, 0.5) is 5.82 Å². The van der Waals surface area contributed by atoms with Crippen molar-refractivity contribution < 1.29 is 4.52 Å². The third-order valence-corrected chi connectivity index (χ3v) is 3.32. The van der Waals surface area contributed by atoms with Crippen LogP contribution in [0.5, 0.6) is 0 Å². The second kappa shape index (κ2) is 4.03. The van der Waals surface area contributed by atoms with Crippen LogP contribution in [0.15, 0.2) is 46.6 Å². The molecule has 0 fully saturated rings. The van der Waals surface area contributed by atoms with E-state index in [1.807, 2.05) is 29.6 Å². The molecule has 4 nitrogen and oxygen atoms in total. The van der Waals surface area contributed by atoms with Gasteiger partial charge in [-0.15, -0.1) is 11.3 Å². The minimum atomic E-state index is 0.416. The van der Waals surface area contributed by atoms with Crippen molar-refractivity contribution in [3.63, 3.8) is 0 Å². The maximum atomic E-state index is 5.86. The highest BCUT2D eigenvalue weighted by atomic mass is 32.1. The molecule has 3 heterocycles. The summed E-state index contributed by atoms with van der Waals surface area (Å²) in [5.41, 5.74) is 7.63. The third-order valence-electron chi connectivity index (χ3n) is 2.43. The lowest BCUT2D eigenvalue weighted by Crippen LogP contribution is -1.86. The van der Waals surface area contributed by atoms with Gasteiger partial charge in [0.25, 0.3) is 0 Å². The molecular weight excluding hydrogens is 234 g/mol. The summed E-state index contributed by atoms with van der Waals surface area (Å²) >= 11 is 1.61. The first-order valence-electron chi connectivity index (χ1n) is 5.05. The zero-order chi connectivity index (χ0) is 11.7. The third kappa shape index (κ3) is 1.70. The van der Waals surface area contributed by atoms with Gasteiger partial charge in [0.15, 0.2) is 11.6 Å². The number of thiophene rings is 1. The molecule has 0 atom stereocenters. The standard InChI is InChI=1S/C12H9N3OS/c13-12-10(9-2-1-7-17-9)11(16-15-12)8-3-5-14-6-4-8/h1-7H,(H2,13,15). The number of aromatic nitrogens is 2. The fourth-order valence-electron chi connectivity index (χ4n) is 1.66. The Labute approximate surface area is 102 Å². The Kier molecular flexibility index (Phi) is 2.38. The number of hydrogen-bond acceptors (Lipinski definition) is 5. The van der Waals surface area contributed by atoms with E-state index < -0.39 is 0 Å². The minimum Gasteiger partial charge on any atom is -0.380 e. The van der Waals surface area contributed by atoms with Crippen molar-refractivity contribution in [2.45, 2.75) is 0 Å². The molecule has 3 aromatic rings. The van der Waals surface area contributed by atoms with Crippen LogP contribution < -0.4 is 5.73 Å². The smallest absolute Gasteiger partial charge is 0.177 e. The second-order valence-electron chi connectivity index (χ2n) is 3.49. The van der Waals surface area contributed by atoms with Crippen LogP contribution in [0, 0.1) is 0 Å². The summed E-state index contributed by atoms with van der Waals surface area (Å²) in [4.78, 5) is 5.03. The van der Waals surface area contributed by atoms with Gasteiger partial charge in [0.2, 0.25) is 0 Å². The zero-order valence-electron chi connectivity index (χ0n) is 8.83. The molecule has 0 aliphatic heterocycles. The van der Waals surface area contributed by atoms with Crippen LogP contribution in [0.1, 0.15) is 0 Å². The lowest BCUT2D eigenvalue weighted by Gasteiger charge is -1.98. The molecule has 0 radical (unpaired) electrons. The average Bonchev–Trinajstić information content (AvgIpc) is 2.99. The van der Waals surface area contributed by atoms with Gasteiger partial charge in [-0.2, -0.15) is 0 Å². The first-order chi connectivity index (χ1) is 8.36. The largest absolute Gasteiger partial charge is 0.380 e. The topological polar surface area (TPSA) is 64.9 Å². The summed E-state index contributed by atoms with van der Waals surface area (Å²) in [5, 5.41) is 5.84. The van der Waals surface area contributed by atoms with E-state index >= 15 is 0 Å². The SMILES string of the molecule is Nc1noc(-c2ccncc2)c1-c1cccs1. The predicted molar refractivity (Wildman–Crippen MR) is 67.5 cm³/mol. The Morgan fingerprint density at radius 2 is 2.00 bits per heavy atom. The number of pyridine rings is 1. The van der Waals surface area contributed by atoms with Crippen molar-refractivity contribution in [3.05, 3.63) is 42.0 Å². The van der Waals surface area contributed by atoms with Crippen LogP contribution in [-0.4, -0.2) is 10.1 Å². The molecule has 0 amide bonds. The van der Waals surface area contributed by atoms with Crippen molar-refractivity contribution >= 4 is 17.2 Å². The van der Waals surface area contributed by atoms with Crippen LogP contribution in [-0.2, 0) is 0 Å². The van der Waals surface area contributed by atoms with Gasteiger partial charge in [0, 0.05) is 22.8 Å². The lowest BCUT2D eigenvalue weighted by molar-refractivity contribution is 0.436. The van der Waals surface area contributed by atoms with Crippen LogP contribution in [0.3, 0.4) is 0 Å². The summed E-state index contributed by atoms with van der Waals surface area (Å²) in [6.07, 6.45) is 3.43. The van der Waals surface area contributed by atoms with Crippen molar-refractivity contribution in [3.8, 4) is 21.8 Å². The quantitative estimate of drug-likeness (QED) is 0.751. The van der Waals surface area contributed by atoms with E-state index in [0.29, 0.717) is 11.6 Å². The van der Waals surface area contributed by atoms with Gasteiger partial charge in [-0.05, 0) is 23.6 Å².